The lowest BCUT2D eigenvalue weighted by Crippen LogP contribution is -2.15. The zero-order valence-corrected chi connectivity index (χ0v) is 26.3. The molecule has 1 aliphatic rings. The minimum Gasteiger partial charge on any atom is -0.0622 e. The van der Waals surface area contributed by atoms with E-state index in [-0.39, 0.29) is 0 Å². The molecule has 3 rings (SSSR count). The van der Waals surface area contributed by atoms with E-state index in [0.29, 0.717) is 22.7 Å². The summed E-state index contributed by atoms with van der Waals surface area (Å²) >= 11 is 0. The van der Waals surface area contributed by atoms with Gasteiger partial charge in [0.2, 0.25) is 0 Å². The molecular formula is C37H60. The quantitative estimate of drug-likeness (QED) is 0.335. The van der Waals surface area contributed by atoms with E-state index >= 15 is 0 Å². The van der Waals surface area contributed by atoms with Gasteiger partial charge >= 0.3 is 0 Å². The minimum absolute atomic E-state index is 0.341. The van der Waals surface area contributed by atoms with Crippen molar-refractivity contribution in [2.75, 3.05) is 0 Å². The van der Waals surface area contributed by atoms with E-state index in [1.165, 1.54) is 80.0 Å². The highest BCUT2D eigenvalue weighted by Crippen LogP contribution is 2.35. The molecule has 0 heterocycles. The van der Waals surface area contributed by atoms with Crippen LogP contribution in [-0.4, -0.2) is 0 Å². The van der Waals surface area contributed by atoms with Gasteiger partial charge in [-0.15, -0.1) is 0 Å². The molecule has 1 aliphatic carbocycles. The van der Waals surface area contributed by atoms with Crippen LogP contribution in [0.4, 0.5) is 0 Å². The summed E-state index contributed by atoms with van der Waals surface area (Å²) in [6.07, 6.45) is 13.0. The monoisotopic (exact) mass is 504 g/mol. The smallest absolute Gasteiger partial charge is 0.0142 e. The Morgan fingerprint density at radius 3 is 1.59 bits per heavy atom. The lowest BCUT2D eigenvalue weighted by molar-refractivity contribution is 0.320. The molecule has 37 heavy (non-hydrogen) atoms. The van der Waals surface area contributed by atoms with Crippen LogP contribution in [0.2, 0.25) is 0 Å². The summed E-state index contributed by atoms with van der Waals surface area (Å²) in [6.45, 7) is 23.1. The van der Waals surface area contributed by atoms with Crippen LogP contribution >= 0.6 is 0 Å². The Balaban J connectivity index is 0.000000312. The third-order valence-electron chi connectivity index (χ3n) is 9.27. The van der Waals surface area contributed by atoms with Crippen molar-refractivity contribution in [3.8, 4) is 0 Å². The SMILES string of the molecule is CC(CCCC1CCCCC1)Cc1ccc(C(C)C(C)(C)C)cc1.Cc1ccc(C(C)C(C)(C)C)cc1. The van der Waals surface area contributed by atoms with Gasteiger partial charge in [0.1, 0.15) is 0 Å². The fraction of sp³-hybridized carbons (Fsp3) is 0.676. The predicted octanol–water partition coefficient (Wildman–Crippen LogP) is 11.9. The van der Waals surface area contributed by atoms with Gasteiger partial charge in [-0.2, -0.15) is 0 Å². The van der Waals surface area contributed by atoms with Crippen molar-refractivity contribution in [1.29, 1.82) is 0 Å². The maximum Gasteiger partial charge on any atom is -0.0142 e. The molecule has 2 aromatic rings. The highest BCUT2D eigenvalue weighted by Gasteiger charge is 2.22. The fourth-order valence-corrected chi connectivity index (χ4v) is 5.53. The molecule has 3 atom stereocenters. The normalized spacial score (nSPS) is 17.5. The van der Waals surface area contributed by atoms with E-state index in [9.17, 15) is 0 Å². The lowest BCUT2D eigenvalue weighted by Gasteiger charge is -2.27. The van der Waals surface area contributed by atoms with E-state index in [1.807, 2.05) is 0 Å². The average molecular weight is 505 g/mol. The Hall–Kier alpha value is -1.56. The Labute approximate surface area is 232 Å². The van der Waals surface area contributed by atoms with Crippen LogP contribution in [0.1, 0.15) is 148 Å². The van der Waals surface area contributed by atoms with Gasteiger partial charge in [-0.25, -0.2) is 0 Å². The van der Waals surface area contributed by atoms with Gasteiger partial charge in [-0.3, -0.25) is 0 Å². The zero-order chi connectivity index (χ0) is 27.6. The van der Waals surface area contributed by atoms with Crippen LogP contribution in [-0.2, 0) is 6.42 Å². The van der Waals surface area contributed by atoms with Crippen molar-refractivity contribution >= 4 is 0 Å². The lowest BCUT2D eigenvalue weighted by atomic mass is 9.77. The fourth-order valence-electron chi connectivity index (χ4n) is 5.53. The van der Waals surface area contributed by atoms with E-state index in [4.69, 9.17) is 0 Å². The molecule has 0 heteroatoms. The minimum atomic E-state index is 0.341. The van der Waals surface area contributed by atoms with Crippen molar-refractivity contribution in [3.05, 3.63) is 70.8 Å². The second-order valence-electron chi connectivity index (χ2n) is 14.6. The number of hydrogen-bond donors (Lipinski definition) is 0. The Morgan fingerprint density at radius 2 is 1.14 bits per heavy atom. The van der Waals surface area contributed by atoms with Crippen LogP contribution in [0, 0.1) is 29.6 Å². The highest BCUT2D eigenvalue weighted by atomic mass is 14.3. The van der Waals surface area contributed by atoms with Gasteiger partial charge in [-0.05, 0) is 64.5 Å². The topological polar surface area (TPSA) is 0 Å². The highest BCUT2D eigenvalue weighted by molar-refractivity contribution is 5.27. The second-order valence-corrected chi connectivity index (χ2v) is 14.6. The first-order chi connectivity index (χ1) is 17.3. The van der Waals surface area contributed by atoms with Crippen molar-refractivity contribution in [2.24, 2.45) is 22.7 Å². The molecule has 208 valence electrons. The Morgan fingerprint density at radius 1 is 0.676 bits per heavy atom. The molecule has 0 aliphatic heterocycles. The van der Waals surface area contributed by atoms with Crippen molar-refractivity contribution < 1.29 is 0 Å². The molecule has 3 unspecified atom stereocenters. The van der Waals surface area contributed by atoms with Gasteiger partial charge in [0.05, 0.1) is 0 Å². The van der Waals surface area contributed by atoms with Crippen LogP contribution in [0.3, 0.4) is 0 Å². The molecule has 0 bridgehead atoms. The van der Waals surface area contributed by atoms with E-state index < -0.39 is 0 Å². The second kappa shape index (κ2) is 14.6. The summed E-state index contributed by atoms with van der Waals surface area (Å²) in [7, 11) is 0. The molecular weight excluding hydrogens is 444 g/mol. The van der Waals surface area contributed by atoms with Gasteiger partial charge in [0.25, 0.3) is 0 Å². The molecule has 0 N–H and O–H groups in total. The van der Waals surface area contributed by atoms with Crippen LogP contribution < -0.4 is 0 Å². The number of hydrogen-bond acceptors (Lipinski definition) is 0. The largest absolute Gasteiger partial charge is 0.0622 e. The van der Waals surface area contributed by atoms with Gasteiger partial charge in [0.15, 0.2) is 0 Å². The first kappa shape index (κ1) is 31.7. The zero-order valence-electron chi connectivity index (χ0n) is 26.3. The average Bonchev–Trinajstić information content (AvgIpc) is 2.84. The Bertz CT molecular complexity index is 866. The van der Waals surface area contributed by atoms with Crippen LogP contribution in [0.25, 0.3) is 0 Å². The van der Waals surface area contributed by atoms with E-state index in [0.717, 1.165) is 11.8 Å². The van der Waals surface area contributed by atoms with Gasteiger partial charge in [0, 0.05) is 0 Å². The summed E-state index contributed by atoms with van der Waals surface area (Å²) in [4.78, 5) is 0. The van der Waals surface area contributed by atoms with Gasteiger partial charge in [-0.1, -0.05) is 168 Å². The predicted molar refractivity (Wildman–Crippen MR) is 167 cm³/mol. The van der Waals surface area contributed by atoms with Crippen LogP contribution in [0.5, 0.6) is 0 Å². The van der Waals surface area contributed by atoms with Crippen LogP contribution in [0.15, 0.2) is 48.5 Å². The summed E-state index contributed by atoms with van der Waals surface area (Å²) < 4.78 is 0. The molecule has 2 aromatic carbocycles. The molecule has 1 fully saturated rings. The number of rotatable bonds is 8. The molecule has 0 saturated heterocycles. The Kier molecular flexibility index (Phi) is 12.5. The third kappa shape index (κ3) is 11.4. The molecule has 0 radical (unpaired) electrons. The van der Waals surface area contributed by atoms with Crippen molar-refractivity contribution in [2.45, 2.75) is 139 Å². The van der Waals surface area contributed by atoms with E-state index in [2.05, 4.69) is 118 Å². The standard InChI is InChI=1S/C24H40.C13H20/c1-19(10-9-13-21-11-7-6-8-12-21)18-22-14-16-23(17-15-22)20(2)24(3,4)5;1-10-6-8-12(9-7-10)11(2)13(3,4)5/h14-17,19-21H,6-13,18H2,1-5H3;6-9,11H,1-5H3. The first-order valence-electron chi connectivity index (χ1n) is 15.4. The molecule has 0 aromatic heterocycles. The number of aryl methyl sites for hydroxylation is 1. The maximum absolute atomic E-state index is 2.44. The number of benzene rings is 2. The van der Waals surface area contributed by atoms with Crippen molar-refractivity contribution in [1.82, 2.24) is 0 Å². The summed E-state index contributed by atoms with van der Waals surface area (Å²) in [5.74, 6) is 3.09. The molecule has 1 saturated carbocycles. The molecule has 0 nitrogen and oxygen atoms in total. The van der Waals surface area contributed by atoms with Gasteiger partial charge < -0.3 is 0 Å². The summed E-state index contributed by atoms with van der Waals surface area (Å²) in [6, 6.07) is 18.3. The molecule has 0 spiro atoms. The summed E-state index contributed by atoms with van der Waals surface area (Å²) in [5, 5.41) is 0. The van der Waals surface area contributed by atoms with Crippen molar-refractivity contribution in [3.63, 3.8) is 0 Å². The maximum atomic E-state index is 2.44. The van der Waals surface area contributed by atoms with E-state index in [1.54, 1.807) is 0 Å². The first-order valence-corrected chi connectivity index (χ1v) is 15.4. The molecule has 0 amide bonds. The third-order valence-corrected chi connectivity index (χ3v) is 9.27. The summed E-state index contributed by atoms with van der Waals surface area (Å²) in [5.41, 5.74) is 6.48.